The molecule has 0 aliphatic rings. The van der Waals surface area contributed by atoms with Crippen LogP contribution in [0.1, 0.15) is 12.5 Å². The van der Waals surface area contributed by atoms with E-state index >= 15 is 0 Å². The molecule has 6 rings (SSSR count). The summed E-state index contributed by atoms with van der Waals surface area (Å²) in [6.07, 6.45) is 0. The molecule has 0 aliphatic heterocycles. The number of ether oxygens (including phenoxy) is 2. The Hall–Kier alpha value is -4.69. The quantitative estimate of drug-likeness (QED) is 0.165. The Morgan fingerprint density at radius 1 is 0.805 bits per heavy atom. The van der Waals surface area contributed by atoms with Crippen LogP contribution in [-0.4, -0.2) is 26.4 Å². The van der Waals surface area contributed by atoms with E-state index in [0.717, 1.165) is 49.9 Å². The molecule has 2 heterocycles. The Kier molecular flexibility index (Phi) is 7.65. The van der Waals surface area contributed by atoms with Gasteiger partial charge in [0, 0.05) is 35.4 Å². The van der Waals surface area contributed by atoms with Crippen LogP contribution in [0.15, 0.2) is 108 Å². The standard InChI is InChI=1S/C33H27FN4O2S/c1-3-39-31-15-8-7-14-27(31)30-20-28(26-17-16-25(19-29(26)35-30)40-24-12-5-4-6-13-24)32-36-37-33(38(32)2)41-21-22-10-9-11-23(34)18-22/h4-20H,3,21H2,1-2H3. The van der Waals surface area contributed by atoms with Gasteiger partial charge in [-0.05, 0) is 67.1 Å². The van der Waals surface area contributed by atoms with E-state index in [-0.39, 0.29) is 5.82 Å². The summed E-state index contributed by atoms with van der Waals surface area (Å²) in [6.45, 7) is 2.51. The van der Waals surface area contributed by atoms with Crippen LogP contribution in [0.5, 0.6) is 17.2 Å². The van der Waals surface area contributed by atoms with E-state index in [2.05, 4.69) is 10.2 Å². The van der Waals surface area contributed by atoms with E-state index in [0.29, 0.717) is 23.9 Å². The molecule has 0 radical (unpaired) electrons. The highest BCUT2D eigenvalue weighted by Crippen LogP contribution is 2.37. The van der Waals surface area contributed by atoms with Gasteiger partial charge >= 0.3 is 0 Å². The molecule has 8 heteroatoms. The number of aromatic nitrogens is 4. The van der Waals surface area contributed by atoms with Crippen molar-refractivity contribution in [1.29, 1.82) is 0 Å². The number of halogens is 1. The SMILES string of the molecule is CCOc1ccccc1-c1cc(-c2nnc(SCc3cccc(F)c3)n2C)c2ccc(Oc3ccccc3)cc2n1. The fourth-order valence-corrected chi connectivity index (χ4v) is 5.48. The van der Waals surface area contributed by atoms with Gasteiger partial charge < -0.3 is 14.0 Å². The topological polar surface area (TPSA) is 62.1 Å². The Labute approximate surface area is 241 Å². The van der Waals surface area contributed by atoms with Crippen molar-refractivity contribution in [3.05, 3.63) is 115 Å². The first kappa shape index (κ1) is 26.5. The first-order valence-electron chi connectivity index (χ1n) is 13.3. The lowest BCUT2D eigenvalue weighted by molar-refractivity contribution is 0.341. The molecule has 41 heavy (non-hydrogen) atoms. The molecule has 6 aromatic rings. The third-order valence-electron chi connectivity index (χ3n) is 6.56. The average molecular weight is 563 g/mol. The first-order valence-corrected chi connectivity index (χ1v) is 14.2. The second kappa shape index (κ2) is 11.8. The van der Waals surface area contributed by atoms with E-state index in [4.69, 9.17) is 14.5 Å². The lowest BCUT2D eigenvalue weighted by atomic mass is 10.0. The molecule has 0 saturated carbocycles. The molecule has 0 unspecified atom stereocenters. The fraction of sp³-hybridized carbons (Fsp3) is 0.121. The van der Waals surface area contributed by atoms with Crippen LogP contribution in [-0.2, 0) is 12.8 Å². The van der Waals surface area contributed by atoms with Crippen molar-refractivity contribution >= 4 is 22.7 Å². The molecule has 0 N–H and O–H groups in total. The summed E-state index contributed by atoms with van der Waals surface area (Å²) in [7, 11) is 1.94. The van der Waals surface area contributed by atoms with Crippen molar-refractivity contribution in [3.63, 3.8) is 0 Å². The highest BCUT2D eigenvalue weighted by Gasteiger charge is 2.19. The Morgan fingerprint density at radius 2 is 1.63 bits per heavy atom. The minimum absolute atomic E-state index is 0.250. The second-order valence-corrected chi connectivity index (χ2v) is 10.3. The molecule has 0 bridgehead atoms. The van der Waals surface area contributed by atoms with Crippen LogP contribution >= 0.6 is 11.8 Å². The first-order chi connectivity index (χ1) is 20.1. The molecule has 6 nitrogen and oxygen atoms in total. The molecule has 0 amide bonds. The Morgan fingerprint density at radius 3 is 2.46 bits per heavy atom. The summed E-state index contributed by atoms with van der Waals surface area (Å²) in [4.78, 5) is 5.04. The van der Waals surface area contributed by atoms with Gasteiger partial charge in [0.25, 0.3) is 0 Å². The maximum absolute atomic E-state index is 13.7. The zero-order valence-electron chi connectivity index (χ0n) is 22.6. The zero-order valence-corrected chi connectivity index (χ0v) is 23.4. The van der Waals surface area contributed by atoms with Gasteiger partial charge in [-0.1, -0.05) is 54.2 Å². The Bertz CT molecular complexity index is 1820. The number of pyridine rings is 1. The molecule has 0 aliphatic carbocycles. The lowest BCUT2D eigenvalue weighted by Crippen LogP contribution is -1.99. The largest absolute Gasteiger partial charge is 0.493 e. The molecule has 2 aromatic heterocycles. The third-order valence-corrected chi connectivity index (χ3v) is 7.65. The number of hydrogen-bond acceptors (Lipinski definition) is 6. The molecule has 0 fully saturated rings. The van der Waals surface area contributed by atoms with Crippen LogP contribution in [0.2, 0.25) is 0 Å². The fourth-order valence-electron chi connectivity index (χ4n) is 4.63. The number of hydrogen-bond donors (Lipinski definition) is 0. The predicted molar refractivity (Wildman–Crippen MR) is 161 cm³/mol. The second-order valence-electron chi connectivity index (χ2n) is 9.36. The van der Waals surface area contributed by atoms with Crippen molar-refractivity contribution in [2.24, 2.45) is 7.05 Å². The van der Waals surface area contributed by atoms with Crippen LogP contribution in [0.3, 0.4) is 0 Å². The van der Waals surface area contributed by atoms with Gasteiger partial charge in [-0.15, -0.1) is 10.2 Å². The van der Waals surface area contributed by atoms with Gasteiger partial charge in [0.1, 0.15) is 23.1 Å². The van der Waals surface area contributed by atoms with Crippen LogP contribution in [0.4, 0.5) is 4.39 Å². The van der Waals surface area contributed by atoms with Crippen LogP contribution in [0, 0.1) is 5.82 Å². The maximum atomic E-state index is 13.7. The van der Waals surface area contributed by atoms with E-state index < -0.39 is 0 Å². The van der Waals surface area contributed by atoms with Gasteiger partial charge in [-0.25, -0.2) is 9.37 Å². The number of fused-ring (bicyclic) bond motifs is 1. The third kappa shape index (κ3) is 5.78. The molecule has 204 valence electrons. The normalized spacial score (nSPS) is 11.1. The van der Waals surface area contributed by atoms with Gasteiger partial charge in [0.15, 0.2) is 11.0 Å². The van der Waals surface area contributed by atoms with Gasteiger partial charge in [-0.3, -0.25) is 0 Å². The number of thioether (sulfide) groups is 1. The highest BCUT2D eigenvalue weighted by atomic mass is 32.2. The molecule has 0 saturated heterocycles. The van der Waals surface area contributed by atoms with Crippen molar-refractivity contribution in [2.45, 2.75) is 17.8 Å². The average Bonchev–Trinajstić information content (AvgIpc) is 3.36. The van der Waals surface area contributed by atoms with Gasteiger partial charge in [-0.2, -0.15) is 0 Å². The maximum Gasteiger partial charge on any atom is 0.191 e. The molecule has 0 spiro atoms. The summed E-state index contributed by atoms with van der Waals surface area (Å²) < 4.78 is 27.7. The summed E-state index contributed by atoms with van der Waals surface area (Å²) in [5.41, 5.74) is 4.17. The summed E-state index contributed by atoms with van der Waals surface area (Å²) in [6, 6.07) is 32.1. The van der Waals surface area contributed by atoms with E-state index in [9.17, 15) is 4.39 Å². The van der Waals surface area contributed by atoms with Crippen LogP contribution < -0.4 is 9.47 Å². The number of benzene rings is 4. The summed E-state index contributed by atoms with van der Waals surface area (Å²) in [5, 5.41) is 10.7. The molecule has 4 aromatic carbocycles. The number of para-hydroxylation sites is 2. The van der Waals surface area contributed by atoms with Crippen molar-refractivity contribution < 1.29 is 13.9 Å². The van der Waals surface area contributed by atoms with Crippen LogP contribution in [0.25, 0.3) is 33.5 Å². The highest BCUT2D eigenvalue weighted by molar-refractivity contribution is 7.98. The van der Waals surface area contributed by atoms with Gasteiger partial charge in [0.2, 0.25) is 0 Å². The van der Waals surface area contributed by atoms with Crippen molar-refractivity contribution in [2.75, 3.05) is 6.61 Å². The van der Waals surface area contributed by atoms with Gasteiger partial charge in [0.05, 0.1) is 17.8 Å². The molecular weight excluding hydrogens is 535 g/mol. The smallest absolute Gasteiger partial charge is 0.191 e. The summed E-state index contributed by atoms with van der Waals surface area (Å²) in [5.74, 6) is 3.22. The van der Waals surface area contributed by atoms with Crippen molar-refractivity contribution in [1.82, 2.24) is 19.7 Å². The molecule has 0 atom stereocenters. The van der Waals surface area contributed by atoms with E-state index in [1.54, 1.807) is 6.07 Å². The number of rotatable bonds is 9. The van der Waals surface area contributed by atoms with Crippen molar-refractivity contribution in [3.8, 4) is 39.9 Å². The Balaban J connectivity index is 1.44. The predicted octanol–water partition coefficient (Wildman–Crippen LogP) is 8.32. The minimum atomic E-state index is -0.250. The van der Waals surface area contributed by atoms with E-state index in [1.165, 1.54) is 23.9 Å². The summed E-state index contributed by atoms with van der Waals surface area (Å²) >= 11 is 1.51. The lowest BCUT2D eigenvalue weighted by Gasteiger charge is -2.14. The zero-order chi connectivity index (χ0) is 28.2. The van der Waals surface area contributed by atoms with E-state index in [1.807, 2.05) is 103 Å². The number of nitrogens with zero attached hydrogens (tertiary/aromatic N) is 4. The minimum Gasteiger partial charge on any atom is -0.493 e. The molecular formula is C33H27FN4O2S. The monoisotopic (exact) mass is 562 g/mol.